The van der Waals surface area contributed by atoms with E-state index in [4.69, 9.17) is 4.74 Å². The minimum Gasteiger partial charge on any atom is -0.481 e. The molecule has 0 fully saturated rings. The Morgan fingerprint density at radius 1 is 1.24 bits per heavy atom. The van der Waals surface area contributed by atoms with Crippen molar-refractivity contribution in [3.05, 3.63) is 41.7 Å². The summed E-state index contributed by atoms with van der Waals surface area (Å²) in [6.45, 7) is 5.33. The maximum absolute atomic E-state index is 11.3. The molecular formula is C16H18N2O3. The SMILES string of the molecule is COc1ncc(-c2ccc(C(C)(C)C(=O)O)cc2C)cn1. The highest BCUT2D eigenvalue weighted by Crippen LogP contribution is 2.29. The van der Waals surface area contributed by atoms with Crippen LogP contribution in [0.1, 0.15) is 25.0 Å². The van der Waals surface area contributed by atoms with Gasteiger partial charge in [0.15, 0.2) is 0 Å². The first-order valence-corrected chi connectivity index (χ1v) is 6.57. The predicted octanol–water partition coefficient (Wildman–Crippen LogP) is 2.82. The van der Waals surface area contributed by atoms with Crippen LogP contribution in [0.4, 0.5) is 0 Å². The Balaban J connectivity index is 2.41. The Kier molecular flexibility index (Phi) is 3.93. The number of hydrogen-bond donors (Lipinski definition) is 1. The summed E-state index contributed by atoms with van der Waals surface area (Å²) in [6.07, 6.45) is 3.38. The van der Waals surface area contributed by atoms with E-state index in [9.17, 15) is 9.90 Å². The van der Waals surface area contributed by atoms with E-state index in [0.29, 0.717) is 6.01 Å². The molecule has 0 radical (unpaired) electrons. The molecule has 0 amide bonds. The van der Waals surface area contributed by atoms with Gasteiger partial charge in [0.1, 0.15) is 0 Å². The Morgan fingerprint density at radius 3 is 2.33 bits per heavy atom. The maximum Gasteiger partial charge on any atom is 0.316 e. The first-order chi connectivity index (χ1) is 9.86. The van der Waals surface area contributed by atoms with Gasteiger partial charge in [-0.05, 0) is 37.5 Å². The molecule has 1 N–H and O–H groups in total. The van der Waals surface area contributed by atoms with E-state index >= 15 is 0 Å². The van der Waals surface area contributed by atoms with Gasteiger partial charge in [0.05, 0.1) is 12.5 Å². The Labute approximate surface area is 123 Å². The molecule has 0 aliphatic rings. The summed E-state index contributed by atoms with van der Waals surface area (Å²) < 4.78 is 4.94. The second-order valence-electron chi connectivity index (χ2n) is 5.42. The molecule has 1 aromatic heterocycles. The van der Waals surface area contributed by atoms with E-state index < -0.39 is 11.4 Å². The van der Waals surface area contributed by atoms with Gasteiger partial charge in [-0.25, -0.2) is 9.97 Å². The van der Waals surface area contributed by atoms with Crippen molar-refractivity contribution in [1.29, 1.82) is 0 Å². The molecule has 5 nitrogen and oxygen atoms in total. The molecule has 2 rings (SSSR count). The van der Waals surface area contributed by atoms with Crippen LogP contribution in [-0.2, 0) is 10.2 Å². The minimum atomic E-state index is -0.917. The van der Waals surface area contributed by atoms with Gasteiger partial charge in [0.2, 0.25) is 0 Å². The van der Waals surface area contributed by atoms with Crippen molar-refractivity contribution in [2.24, 2.45) is 0 Å². The van der Waals surface area contributed by atoms with Gasteiger partial charge in [-0.15, -0.1) is 0 Å². The van der Waals surface area contributed by atoms with E-state index in [1.807, 2.05) is 25.1 Å². The van der Waals surface area contributed by atoms with Crippen LogP contribution in [0.3, 0.4) is 0 Å². The smallest absolute Gasteiger partial charge is 0.316 e. The average molecular weight is 286 g/mol. The number of carboxylic acid groups (broad SMARTS) is 1. The lowest BCUT2D eigenvalue weighted by Crippen LogP contribution is -2.28. The molecule has 0 spiro atoms. The number of hydrogen-bond acceptors (Lipinski definition) is 4. The summed E-state index contributed by atoms with van der Waals surface area (Å²) >= 11 is 0. The summed E-state index contributed by atoms with van der Waals surface area (Å²) in [7, 11) is 1.52. The fourth-order valence-corrected chi connectivity index (χ4v) is 2.06. The van der Waals surface area contributed by atoms with Gasteiger partial charge in [-0.1, -0.05) is 18.2 Å². The van der Waals surface area contributed by atoms with E-state index in [1.165, 1.54) is 7.11 Å². The van der Waals surface area contributed by atoms with Gasteiger partial charge < -0.3 is 9.84 Å². The summed E-state index contributed by atoms with van der Waals surface area (Å²) in [5.41, 5.74) is 2.68. The molecule has 0 saturated heterocycles. The van der Waals surface area contributed by atoms with Crippen LogP contribution in [0.5, 0.6) is 6.01 Å². The number of nitrogens with zero attached hydrogens (tertiary/aromatic N) is 2. The number of ether oxygens (including phenoxy) is 1. The molecule has 5 heteroatoms. The number of methoxy groups -OCH3 is 1. The van der Waals surface area contributed by atoms with Crippen LogP contribution in [0.15, 0.2) is 30.6 Å². The molecule has 0 atom stereocenters. The monoisotopic (exact) mass is 286 g/mol. The van der Waals surface area contributed by atoms with Crippen molar-refractivity contribution in [2.75, 3.05) is 7.11 Å². The molecule has 0 bridgehead atoms. The Hall–Kier alpha value is -2.43. The minimum absolute atomic E-state index is 0.319. The Morgan fingerprint density at radius 2 is 1.86 bits per heavy atom. The van der Waals surface area contributed by atoms with Crippen molar-refractivity contribution >= 4 is 5.97 Å². The van der Waals surface area contributed by atoms with Crippen LogP contribution < -0.4 is 4.74 Å². The predicted molar refractivity (Wildman–Crippen MR) is 79.4 cm³/mol. The van der Waals surface area contributed by atoms with Gasteiger partial charge in [0, 0.05) is 18.0 Å². The third-order valence-corrected chi connectivity index (χ3v) is 3.60. The molecule has 21 heavy (non-hydrogen) atoms. The lowest BCUT2D eigenvalue weighted by atomic mass is 9.83. The molecule has 1 heterocycles. The van der Waals surface area contributed by atoms with Crippen LogP contribution in [0.2, 0.25) is 0 Å². The molecule has 0 unspecified atom stereocenters. The average Bonchev–Trinajstić information content (AvgIpc) is 2.47. The van der Waals surface area contributed by atoms with Crippen molar-refractivity contribution in [2.45, 2.75) is 26.2 Å². The van der Waals surface area contributed by atoms with E-state index in [2.05, 4.69) is 9.97 Å². The van der Waals surface area contributed by atoms with Gasteiger partial charge in [-0.2, -0.15) is 0 Å². The number of rotatable bonds is 4. The highest BCUT2D eigenvalue weighted by Gasteiger charge is 2.29. The standard InChI is InChI=1S/C16H18N2O3/c1-10-7-12(16(2,3)14(19)20)5-6-13(10)11-8-17-15(21-4)18-9-11/h5-9H,1-4H3,(H,19,20). The molecule has 2 aromatic rings. The van der Waals surface area contributed by atoms with Crippen LogP contribution >= 0.6 is 0 Å². The normalized spacial score (nSPS) is 11.2. The largest absolute Gasteiger partial charge is 0.481 e. The number of aryl methyl sites for hydroxylation is 1. The van der Waals surface area contributed by atoms with E-state index in [1.54, 1.807) is 26.2 Å². The van der Waals surface area contributed by atoms with Crippen LogP contribution in [-0.4, -0.2) is 28.2 Å². The van der Waals surface area contributed by atoms with E-state index in [-0.39, 0.29) is 0 Å². The van der Waals surface area contributed by atoms with Gasteiger partial charge in [-0.3, -0.25) is 4.79 Å². The Bertz CT molecular complexity index is 664. The van der Waals surface area contributed by atoms with Crippen LogP contribution in [0, 0.1) is 6.92 Å². The fraction of sp³-hybridized carbons (Fsp3) is 0.312. The van der Waals surface area contributed by atoms with Crippen molar-refractivity contribution in [3.63, 3.8) is 0 Å². The number of aromatic nitrogens is 2. The third kappa shape index (κ3) is 2.86. The van der Waals surface area contributed by atoms with Gasteiger partial charge >= 0.3 is 12.0 Å². The highest BCUT2D eigenvalue weighted by molar-refractivity contribution is 5.81. The highest BCUT2D eigenvalue weighted by atomic mass is 16.5. The third-order valence-electron chi connectivity index (χ3n) is 3.60. The van der Waals surface area contributed by atoms with Gasteiger partial charge in [0.25, 0.3) is 0 Å². The maximum atomic E-state index is 11.3. The zero-order valence-corrected chi connectivity index (χ0v) is 12.5. The molecule has 0 saturated carbocycles. The number of carbonyl (C=O) groups is 1. The van der Waals surface area contributed by atoms with Crippen LogP contribution in [0.25, 0.3) is 11.1 Å². The lowest BCUT2D eigenvalue weighted by Gasteiger charge is -2.21. The first kappa shape index (κ1) is 15.0. The second kappa shape index (κ2) is 5.52. The second-order valence-corrected chi connectivity index (χ2v) is 5.42. The first-order valence-electron chi connectivity index (χ1n) is 6.57. The van der Waals surface area contributed by atoms with E-state index in [0.717, 1.165) is 22.3 Å². The molecule has 110 valence electrons. The lowest BCUT2D eigenvalue weighted by molar-refractivity contribution is -0.142. The van der Waals surface area contributed by atoms with Crippen molar-refractivity contribution in [3.8, 4) is 17.1 Å². The zero-order chi connectivity index (χ0) is 15.6. The molecule has 1 aromatic carbocycles. The quantitative estimate of drug-likeness (QED) is 0.935. The van der Waals surface area contributed by atoms with Crippen molar-refractivity contribution < 1.29 is 14.6 Å². The zero-order valence-electron chi connectivity index (χ0n) is 12.5. The summed E-state index contributed by atoms with van der Waals surface area (Å²) in [5, 5.41) is 9.30. The molecule has 0 aliphatic heterocycles. The topological polar surface area (TPSA) is 72.3 Å². The number of aliphatic carboxylic acids is 1. The number of carboxylic acids is 1. The van der Waals surface area contributed by atoms with Crippen molar-refractivity contribution in [1.82, 2.24) is 9.97 Å². The molecular weight excluding hydrogens is 268 g/mol. The summed E-state index contributed by atoms with van der Waals surface area (Å²) in [4.78, 5) is 19.5. The molecule has 0 aliphatic carbocycles. The summed E-state index contributed by atoms with van der Waals surface area (Å²) in [5.74, 6) is -0.845. The fourth-order valence-electron chi connectivity index (χ4n) is 2.06. The summed E-state index contributed by atoms with van der Waals surface area (Å²) in [6, 6.07) is 5.95. The number of benzene rings is 1.